The normalized spacial score (nSPS) is 12.2. The Bertz CT molecular complexity index is 1360. The molecule has 0 aliphatic rings. The molecule has 2 amide bonds. The van der Waals surface area contributed by atoms with Crippen LogP contribution in [-0.4, -0.2) is 50.3 Å². The molecule has 3 rings (SSSR count). The summed E-state index contributed by atoms with van der Waals surface area (Å²) in [5.74, 6) is -0.729. The first-order valence-corrected chi connectivity index (χ1v) is 14.8. The number of nitrogens with zero attached hydrogens (tertiary/aromatic N) is 2. The summed E-state index contributed by atoms with van der Waals surface area (Å²) in [5, 5.41) is 3.31. The molecule has 0 aromatic heterocycles. The molecule has 0 saturated carbocycles. The molecular weight excluding hydrogens is 534 g/mol. The van der Waals surface area contributed by atoms with Crippen molar-refractivity contribution in [3.05, 3.63) is 95.0 Å². The van der Waals surface area contributed by atoms with Gasteiger partial charge in [0.25, 0.3) is 10.0 Å². The number of rotatable bonds is 12. The Kier molecular flexibility index (Phi) is 10.5. The molecule has 0 bridgehead atoms. The minimum absolute atomic E-state index is 0.0154. The van der Waals surface area contributed by atoms with Gasteiger partial charge in [0.15, 0.2) is 0 Å². The maximum absolute atomic E-state index is 14.0. The number of hydrogen-bond donors (Lipinski definition) is 1. The number of halogens is 1. The van der Waals surface area contributed by atoms with Crippen LogP contribution >= 0.6 is 11.6 Å². The summed E-state index contributed by atoms with van der Waals surface area (Å²) < 4.78 is 28.8. The van der Waals surface area contributed by atoms with Crippen LogP contribution in [0.4, 0.5) is 5.69 Å². The minimum Gasteiger partial charge on any atom is -0.352 e. The highest BCUT2D eigenvalue weighted by atomic mass is 35.5. The van der Waals surface area contributed by atoms with Crippen LogP contribution in [0.1, 0.15) is 38.3 Å². The van der Waals surface area contributed by atoms with Gasteiger partial charge in [-0.2, -0.15) is 0 Å². The molecule has 0 saturated heterocycles. The van der Waals surface area contributed by atoms with Gasteiger partial charge in [0.05, 0.1) is 10.6 Å². The number of hydrogen-bond acceptors (Lipinski definition) is 4. The van der Waals surface area contributed by atoms with Crippen molar-refractivity contribution >= 4 is 39.1 Å². The zero-order valence-electron chi connectivity index (χ0n) is 22.8. The molecule has 1 atom stereocenters. The molecule has 0 fully saturated rings. The van der Waals surface area contributed by atoms with Crippen LogP contribution in [0.3, 0.4) is 0 Å². The molecule has 3 aromatic rings. The van der Waals surface area contributed by atoms with E-state index in [9.17, 15) is 18.0 Å². The largest absolute Gasteiger partial charge is 0.352 e. The second kappa shape index (κ2) is 13.6. The predicted octanol–water partition coefficient (Wildman–Crippen LogP) is 5.22. The number of anilines is 1. The van der Waals surface area contributed by atoms with E-state index < -0.39 is 28.5 Å². The third-order valence-corrected chi connectivity index (χ3v) is 8.31. The fourth-order valence-electron chi connectivity index (χ4n) is 4.32. The smallest absolute Gasteiger partial charge is 0.264 e. The van der Waals surface area contributed by atoms with Crippen LogP contribution in [0.15, 0.2) is 83.8 Å². The Morgan fingerprint density at radius 3 is 2.21 bits per heavy atom. The fraction of sp³-hybridized carbons (Fsp3) is 0.333. The lowest BCUT2D eigenvalue weighted by molar-refractivity contribution is -0.139. The summed E-state index contributed by atoms with van der Waals surface area (Å²) in [6, 6.07) is 21.6. The van der Waals surface area contributed by atoms with E-state index in [-0.39, 0.29) is 23.4 Å². The molecule has 0 aliphatic carbocycles. The second-order valence-corrected chi connectivity index (χ2v) is 12.0. The average Bonchev–Trinajstić information content (AvgIpc) is 2.89. The van der Waals surface area contributed by atoms with Crippen LogP contribution < -0.4 is 9.62 Å². The molecule has 0 spiro atoms. The standard InChI is InChI=1S/C30H36ClN3O4S/c1-5-28(30(36)32-22(2)3)33(19-18-24-11-7-6-8-12-24)29(35)21-34(26-13-9-10-23(4)20-26)39(37,38)27-16-14-25(31)15-17-27/h6-17,20,22,28H,5,18-19,21H2,1-4H3,(H,32,36). The van der Waals surface area contributed by atoms with Crippen LogP contribution in [0.2, 0.25) is 5.02 Å². The zero-order valence-corrected chi connectivity index (χ0v) is 24.4. The maximum Gasteiger partial charge on any atom is 0.264 e. The number of benzene rings is 3. The van der Waals surface area contributed by atoms with Crippen molar-refractivity contribution in [2.24, 2.45) is 0 Å². The summed E-state index contributed by atoms with van der Waals surface area (Å²) in [6.45, 7) is 7.21. The maximum atomic E-state index is 14.0. The van der Waals surface area contributed by atoms with Gasteiger partial charge in [0.1, 0.15) is 12.6 Å². The van der Waals surface area contributed by atoms with Gasteiger partial charge in [-0.05, 0) is 81.1 Å². The van der Waals surface area contributed by atoms with Gasteiger partial charge >= 0.3 is 0 Å². The fourth-order valence-corrected chi connectivity index (χ4v) is 5.85. The van der Waals surface area contributed by atoms with Gasteiger partial charge in [-0.1, -0.05) is 61.0 Å². The van der Waals surface area contributed by atoms with E-state index in [1.165, 1.54) is 29.2 Å². The molecule has 9 heteroatoms. The number of amides is 2. The third kappa shape index (κ3) is 8.07. The van der Waals surface area contributed by atoms with E-state index in [1.807, 2.05) is 64.1 Å². The van der Waals surface area contributed by atoms with Crippen molar-refractivity contribution in [1.29, 1.82) is 0 Å². The van der Waals surface area contributed by atoms with E-state index >= 15 is 0 Å². The summed E-state index contributed by atoms with van der Waals surface area (Å²) >= 11 is 6.00. The van der Waals surface area contributed by atoms with E-state index in [1.54, 1.807) is 18.2 Å². The van der Waals surface area contributed by atoms with Crippen LogP contribution in [0, 0.1) is 6.92 Å². The highest BCUT2D eigenvalue weighted by molar-refractivity contribution is 7.92. The molecule has 3 aromatic carbocycles. The molecule has 0 aliphatic heterocycles. The van der Waals surface area contributed by atoms with E-state index in [0.29, 0.717) is 23.6 Å². The number of nitrogens with one attached hydrogen (secondary N) is 1. The summed E-state index contributed by atoms with van der Waals surface area (Å²) in [6.07, 6.45) is 0.903. The predicted molar refractivity (Wildman–Crippen MR) is 156 cm³/mol. The third-order valence-electron chi connectivity index (χ3n) is 6.27. The molecular formula is C30H36ClN3O4S. The molecule has 7 nitrogen and oxygen atoms in total. The minimum atomic E-state index is -4.13. The number of carbonyl (C=O) groups excluding carboxylic acids is 2. The van der Waals surface area contributed by atoms with Gasteiger partial charge < -0.3 is 10.2 Å². The lowest BCUT2D eigenvalue weighted by Crippen LogP contribution is -2.54. The topological polar surface area (TPSA) is 86.8 Å². The molecule has 39 heavy (non-hydrogen) atoms. The summed E-state index contributed by atoms with van der Waals surface area (Å²) in [7, 11) is -4.13. The Hall–Kier alpha value is -3.36. The molecule has 0 heterocycles. The number of sulfonamides is 1. The van der Waals surface area contributed by atoms with Gasteiger partial charge in [-0.25, -0.2) is 8.42 Å². The van der Waals surface area contributed by atoms with Crippen molar-refractivity contribution in [3.63, 3.8) is 0 Å². The SMILES string of the molecule is CCC(C(=O)NC(C)C)N(CCc1ccccc1)C(=O)CN(c1cccc(C)c1)S(=O)(=O)c1ccc(Cl)cc1. The quantitative estimate of drug-likeness (QED) is 0.324. The van der Waals surface area contributed by atoms with E-state index in [2.05, 4.69) is 5.32 Å². The Balaban J connectivity index is 2.01. The monoisotopic (exact) mass is 569 g/mol. The number of carbonyl (C=O) groups is 2. The lowest BCUT2D eigenvalue weighted by Gasteiger charge is -2.33. The summed E-state index contributed by atoms with van der Waals surface area (Å²) in [4.78, 5) is 28.6. The van der Waals surface area contributed by atoms with Gasteiger partial charge in [0, 0.05) is 17.6 Å². The van der Waals surface area contributed by atoms with Crippen molar-refractivity contribution in [2.75, 3.05) is 17.4 Å². The van der Waals surface area contributed by atoms with E-state index in [0.717, 1.165) is 15.4 Å². The van der Waals surface area contributed by atoms with Crippen molar-refractivity contribution < 1.29 is 18.0 Å². The van der Waals surface area contributed by atoms with Crippen molar-refractivity contribution in [1.82, 2.24) is 10.2 Å². The van der Waals surface area contributed by atoms with Crippen LogP contribution in [0.5, 0.6) is 0 Å². The zero-order chi connectivity index (χ0) is 28.6. The first-order chi connectivity index (χ1) is 18.5. The van der Waals surface area contributed by atoms with Gasteiger partial charge in [0.2, 0.25) is 11.8 Å². The van der Waals surface area contributed by atoms with Crippen molar-refractivity contribution in [2.45, 2.75) is 57.5 Å². The molecule has 1 N–H and O–H groups in total. The van der Waals surface area contributed by atoms with E-state index in [4.69, 9.17) is 11.6 Å². The Labute approximate surface area is 236 Å². The highest BCUT2D eigenvalue weighted by Crippen LogP contribution is 2.26. The second-order valence-electron chi connectivity index (χ2n) is 9.71. The Morgan fingerprint density at radius 1 is 0.949 bits per heavy atom. The molecule has 208 valence electrons. The number of aryl methyl sites for hydroxylation is 1. The van der Waals surface area contributed by atoms with Crippen molar-refractivity contribution in [3.8, 4) is 0 Å². The molecule has 0 radical (unpaired) electrons. The first-order valence-electron chi connectivity index (χ1n) is 13.0. The van der Waals surface area contributed by atoms with Gasteiger partial charge in [-0.15, -0.1) is 0 Å². The first kappa shape index (κ1) is 30.2. The Morgan fingerprint density at radius 2 is 1.62 bits per heavy atom. The van der Waals surface area contributed by atoms with Crippen LogP contribution in [0.25, 0.3) is 0 Å². The average molecular weight is 570 g/mol. The van der Waals surface area contributed by atoms with Crippen LogP contribution in [-0.2, 0) is 26.0 Å². The van der Waals surface area contributed by atoms with Gasteiger partial charge in [-0.3, -0.25) is 13.9 Å². The summed E-state index contributed by atoms with van der Waals surface area (Å²) in [5.41, 5.74) is 2.22. The lowest BCUT2D eigenvalue weighted by atomic mass is 10.1. The molecule has 1 unspecified atom stereocenters. The highest BCUT2D eigenvalue weighted by Gasteiger charge is 2.33.